The summed E-state index contributed by atoms with van der Waals surface area (Å²) in [7, 11) is 0. The van der Waals surface area contributed by atoms with Crippen molar-refractivity contribution in [1.82, 2.24) is 4.90 Å². The summed E-state index contributed by atoms with van der Waals surface area (Å²) in [6.07, 6.45) is 1.45. The van der Waals surface area contributed by atoms with Crippen molar-refractivity contribution in [2.24, 2.45) is 0 Å². The minimum absolute atomic E-state index is 0.0467. The van der Waals surface area contributed by atoms with Gasteiger partial charge >= 0.3 is 0 Å². The molecule has 27 heavy (non-hydrogen) atoms. The van der Waals surface area contributed by atoms with Crippen LogP contribution in [0, 0.1) is 0 Å². The molecule has 2 aromatic rings. The fourth-order valence-corrected chi connectivity index (χ4v) is 2.73. The van der Waals surface area contributed by atoms with E-state index in [9.17, 15) is 14.4 Å². The predicted molar refractivity (Wildman–Crippen MR) is 101 cm³/mol. The zero-order valence-corrected chi connectivity index (χ0v) is 14.5. The standard InChI is InChI=1S/C20H19N3O4/c24-10-9-23-19(26)13-17(20(23)27)21-15-7-4-8-16(12-15)22-18(25)11-14-5-2-1-3-6-14/h1-8,12-13,21,24H,9-11H2,(H,22,25). The van der Waals surface area contributed by atoms with Gasteiger partial charge in [0.2, 0.25) is 5.91 Å². The van der Waals surface area contributed by atoms with Crippen LogP contribution in [0.25, 0.3) is 0 Å². The van der Waals surface area contributed by atoms with Gasteiger partial charge in [0.1, 0.15) is 5.70 Å². The second-order valence-corrected chi connectivity index (χ2v) is 5.99. The lowest BCUT2D eigenvalue weighted by molar-refractivity contribution is -0.137. The highest BCUT2D eigenvalue weighted by Crippen LogP contribution is 2.20. The van der Waals surface area contributed by atoms with Crippen molar-refractivity contribution < 1.29 is 19.5 Å². The Bertz CT molecular complexity index is 893. The van der Waals surface area contributed by atoms with Crippen molar-refractivity contribution in [3.05, 3.63) is 71.9 Å². The Kier molecular flexibility index (Phi) is 5.63. The Balaban J connectivity index is 1.64. The van der Waals surface area contributed by atoms with Gasteiger partial charge in [-0.3, -0.25) is 19.3 Å². The molecule has 0 unspecified atom stereocenters. The molecule has 3 N–H and O–H groups in total. The van der Waals surface area contributed by atoms with Crippen LogP contribution in [0.5, 0.6) is 0 Å². The summed E-state index contributed by atoms with van der Waals surface area (Å²) in [6, 6.07) is 16.3. The lowest BCUT2D eigenvalue weighted by atomic mass is 10.1. The molecule has 0 bridgehead atoms. The number of hydrogen-bond acceptors (Lipinski definition) is 5. The molecule has 0 saturated carbocycles. The lowest BCUT2D eigenvalue weighted by Gasteiger charge is -2.14. The molecule has 0 fully saturated rings. The maximum atomic E-state index is 12.2. The van der Waals surface area contributed by atoms with Gasteiger partial charge in [0.15, 0.2) is 0 Å². The van der Waals surface area contributed by atoms with Crippen LogP contribution >= 0.6 is 0 Å². The summed E-state index contributed by atoms with van der Waals surface area (Å²) < 4.78 is 0. The summed E-state index contributed by atoms with van der Waals surface area (Å²) in [6.45, 7) is -0.337. The third-order valence-corrected chi connectivity index (χ3v) is 3.97. The van der Waals surface area contributed by atoms with Crippen molar-refractivity contribution in [3.63, 3.8) is 0 Å². The molecule has 0 aliphatic carbocycles. The lowest BCUT2D eigenvalue weighted by Crippen LogP contribution is -2.34. The molecule has 1 aliphatic rings. The monoisotopic (exact) mass is 365 g/mol. The van der Waals surface area contributed by atoms with Crippen LogP contribution in [0.3, 0.4) is 0 Å². The number of benzene rings is 2. The van der Waals surface area contributed by atoms with Gasteiger partial charge in [-0.25, -0.2) is 0 Å². The smallest absolute Gasteiger partial charge is 0.277 e. The summed E-state index contributed by atoms with van der Waals surface area (Å²) in [5, 5.41) is 14.6. The van der Waals surface area contributed by atoms with E-state index in [-0.39, 0.29) is 31.2 Å². The van der Waals surface area contributed by atoms with E-state index in [1.165, 1.54) is 6.08 Å². The maximum absolute atomic E-state index is 12.2. The van der Waals surface area contributed by atoms with Crippen LogP contribution in [-0.2, 0) is 20.8 Å². The second-order valence-electron chi connectivity index (χ2n) is 5.99. The first-order valence-corrected chi connectivity index (χ1v) is 8.46. The maximum Gasteiger partial charge on any atom is 0.277 e. The molecule has 3 amide bonds. The molecule has 0 radical (unpaired) electrons. The highest BCUT2D eigenvalue weighted by atomic mass is 16.3. The number of imide groups is 1. The van der Waals surface area contributed by atoms with Crippen LogP contribution in [0.2, 0.25) is 0 Å². The molecule has 7 nitrogen and oxygen atoms in total. The second kappa shape index (κ2) is 8.29. The van der Waals surface area contributed by atoms with Crippen LogP contribution in [0.1, 0.15) is 5.56 Å². The number of nitrogens with one attached hydrogen (secondary N) is 2. The zero-order chi connectivity index (χ0) is 19.2. The van der Waals surface area contributed by atoms with Gasteiger partial charge in [0.25, 0.3) is 11.8 Å². The summed E-state index contributed by atoms with van der Waals surface area (Å²) in [4.78, 5) is 37.1. The van der Waals surface area contributed by atoms with Gasteiger partial charge in [0.05, 0.1) is 19.6 Å². The van der Waals surface area contributed by atoms with Gasteiger partial charge in [-0.1, -0.05) is 36.4 Å². The van der Waals surface area contributed by atoms with Crippen molar-refractivity contribution in [3.8, 4) is 0 Å². The number of carbonyl (C=O) groups excluding carboxylic acids is 3. The highest BCUT2D eigenvalue weighted by molar-refractivity contribution is 6.17. The number of aliphatic hydroxyl groups is 1. The van der Waals surface area contributed by atoms with Crippen molar-refractivity contribution in [2.75, 3.05) is 23.8 Å². The van der Waals surface area contributed by atoms with Gasteiger partial charge < -0.3 is 15.7 Å². The molecule has 7 heteroatoms. The van der Waals surface area contributed by atoms with Crippen LogP contribution < -0.4 is 10.6 Å². The quantitative estimate of drug-likeness (QED) is 0.646. The van der Waals surface area contributed by atoms with E-state index < -0.39 is 11.8 Å². The molecular weight excluding hydrogens is 346 g/mol. The Labute approximate surface area is 156 Å². The van der Waals surface area contributed by atoms with Gasteiger partial charge in [-0.15, -0.1) is 0 Å². The van der Waals surface area contributed by atoms with E-state index in [2.05, 4.69) is 10.6 Å². The number of amides is 3. The molecule has 3 rings (SSSR count). The Morgan fingerprint density at radius 1 is 1.00 bits per heavy atom. The third kappa shape index (κ3) is 4.59. The fourth-order valence-electron chi connectivity index (χ4n) is 2.73. The van der Waals surface area contributed by atoms with Crippen molar-refractivity contribution in [1.29, 1.82) is 0 Å². The number of hydrogen-bond donors (Lipinski definition) is 3. The Hall–Kier alpha value is -3.45. The number of carbonyl (C=O) groups is 3. The molecule has 0 saturated heterocycles. The van der Waals surface area contributed by atoms with Gasteiger partial charge in [-0.05, 0) is 23.8 Å². The zero-order valence-electron chi connectivity index (χ0n) is 14.5. The van der Waals surface area contributed by atoms with E-state index in [4.69, 9.17) is 5.11 Å². The average molecular weight is 365 g/mol. The van der Waals surface area contributed by atoms with Crippen LogP contribution in [0.4, 0.5) is 11.4 Å². The first-order chi connectivity index (χ1) is 13.1. The third-order valence-electron chi connectivity index (χ3n) is 3.97. The average Bonchev–Trinajstić information content (AvgIpc) is 2.90. The minimum atomic E-state index is -0.493. The Morgan fingerprint density at radius 2 is 1.74 bits per heavy atom. The van der Waals surface area contributed by atoms with Crippen LogP contribution in [-0.4, -0.2) is 40.9 Å². The SMILES string of the molecule is O=C(Cc1ccccc1)Nc1cccc(NC2=CC(=O)N(CCO)C2=O)c1. The van der Waals surface area contributed by atoms with Crippen molar-refractivity contribution >= 4 is 29.1 Å². The molecule has 0 aromatic heterocycles. The molecule has 0 spiro atoms. The number of aliphatic hydroxyl groups excluding tert-OH is 1. The fraction of sp³-hybridized carbons (Fsp3) is 0.150. The van der Waals surface area contributed by atoms with E-state index in [0.717, 1.165) is 10.5 Å². The normalized spacial score (nSPS) is 13.5. The molecule has 0 atom stereocenters. The first-order valence-electron chi connectivity index (χ1n) is 8.46. The molecule has 2 aromatic carbocycles. The number of anilines is 2. The number of rotatable bonds is 7. The molecule has 138 valence electrons. The number of β-amino-alcohol motifs (C(OH)–C–C–N with tert-alkyl or cyclic N) is 1. The summed E-state index contributed by atoms with van der Waals surface area (Å²) >= 11 is 0. The van der Waals surface area contributed by atoms with Crippen LogP contribution in [0.15, 0.2) is 66.4 Å². The van der Waals surface area contributed by atoms with E-state index in [0.29, 0.717) is 11.4 Å². The Morgan fingerprint density at radius 3 is 2.48 bits per heavy atom. The first kappa shape index (κ1) is 18.3. The molecular formula is C20H19N3O4. The summed E-state index contributed by atoms with van der Waals surface area (Å²) in [5.74, 6) is -1.12. The highest BCUT2D eigenvalue weighted by Gasteiger charge is 2.30. The van der Waals surface area contributed by atoms with E-state index >= 15 is 0 Å². The van der Waals surface area contributed by atoms with E-state index in [1.54, 1.807) is 24.3 Å². The van der Waals surface area contributed by atoms with Gasteiger partial charge in [-0.2, -0.15) is 0 Å². The van der Waals surface area contributed by atoms with Crippen molar-refractivity contribution in [2.45, 2.75) is 6.42 Å². The largest absolute Gasteiger partial charge is 0.395 e. The minimum Gasteiger partial charge on any atom is -0.395 e. The predicted octanol–water partition coefficient (Wildman–Crippen LogP) is 1.52. The summed E-state index contributed by atoms with van der Waals surface area (Å²) in [5.41, 5.74) is 2.17. The van der Waals surface area contributed by atoms with Gasteiger partial charge in [0, 0.05) is 17.5 Å². The number of nitrogens with zero attached hydrogens (tertiary/aromatic N) is 1. The molecule has 1 heterocycles. The van der Waals surface area contributed by atoms with E-state index in [1.807, 2.05) is 30.3 Å². The topological polar surface area (TPSA) is 98.7 Å². The molecule has 1 aliphatic heterocycles.